The Morgan fingerprint density at radius 3 is 3.00 bits per heavy atom. The number of aromatic nitrogens is 3. The van der Waals surface area contributed by atoms with Crippen LogP contribution in [0.3, 0.4) is 0 Å². The number of hydrogen-bond acceptors (Lipinski definition) is 2. The largest absolute Gasteiger partial charge is 0.245 e. The molecule has 1 aromatic rings. The summed E-state index contributed by atoms with van der Waals surface area (Å²) in [6, 6.07) is 0.577. The van der Waals surface area contributed by atoms with Gasteiger partial charge in [-0.05, 0) is 19.8 Å². The molecule has 11 heavy (non-hydrogen) atoms. The second-order valence-electron chi connectivity index (χ2n) is 2.95. The molecule has 1 aliphatic carbocycles. The van der Waals surface area contributed by atoms with Crippen molar-refractivity contribution in [2.24, 2.45) is 0 Å². The van der Waals surface area contributed by atoms with Crippen molar-refractivity contribution in [2.75, 3.05) is 0 Å². The van der Waals surface area contributed by atoms with Crippen LogP contribution in [0.4, 0.5) is 0 Å². The van der Waals surface area contributed by atoms with Crippen LogP contribution in [0.15, 0.2) is 6.20 Å². The first-order valence-corrected chi connectivity index (χ1v) is 4.27. The molecule has 2 rings (SSSR count). The third-order valence-electron chi connectivity index (χ3n) is 1.90. The fourth-order valence-electron chi connectivity index (χ4n) is 1.14. The Morgan fingerprint density at radius 2 is 2.45 bits per heavy atom. The highest BCUT2D eigenvalue weighted by atomic mass is 35.5. The van der Waals surface area contributed by atoms with Crippen LogP contribution in [0, 0.1) is 0 Å². The molecule has 4 heteroatoms. The Kier molecular flexibility index (Phi) is 1.60. The van der Waals surface area contributed by atoms with E-state index in [2.05, 4.69) is 10.3 Å². The first-order chi connectivity index (χ1) is 5.29. The quantitative estimate of drug-likeness (QED) is 0.637. The van der Waals surface area contributed by atoms with Gasteiger partial charge in [0.25, 0.3) is 0 Å². The molecule has 0 aliphatic heterocycles. The second-order valence-corrected chi connectivity index (χ2v) is 3.61. The zero-order chi connectivity index (χ0) is 7.84. The molecular formula is C7H10ClN3. The molecule has 0 bridgehead atoms. The maximum Gasteiger partial charge on any atom is 0.0766 e. The molecule has 0 N–H and O–H groups in total. The van der Waals surface area contributed by atoms with E-state index in [0.29, 0.717) is 6.04 Å². The summed E-state index contributed by atoms with van der Waals surface area (Å²) < 4.78 is 1.94. The van der Waals surface area contributed by atoms with Crippen LogP contribution in [0.1, 0.15) is 36.9 Å². The van der Waals surface area contributed by atoms with Gasteiger partial charge in [-0.25, -0.2) is 4.68 Å². The molecule has 1 saturated carbocycles. The van der Waals surface area contributed by atoms with E-state index < -0.39 is 0 Å². The summed E-state index contributed by atoms with van der Waals surface area (Å²) in [6.07, 6.45) is 4.19. The van der Waals surface area contributed by atoms with Crippen LogP contribution < -0.4 is 0 Å². The Balaban J connectivity index is 2.30. The van der Waals surface area contributed by atoms with Crippen LogP contribution in [0.5, 0.6) is 0 Å². The van der Waals surface area contributed by atoms with Crippen molar-refractivity contribution in [2.45, 2.75) is 31.2 Å². The number of rotatable bonds is 2. The monoisotopic (exact) mass is 171 g/mol. The predicted octanol–water partition coefficient (Wildman–Crippen LogP) is 1.91. The molecule has 0 radical (unpaired) electrons. The van der Waals surface area contributed by atoms with Gasteiger partial charge in [0.15, 0.2) is 0 Å². The highest BCUT2D eigenvalue weighted by Gasteiger charge is 2.27. The van der Waals surface area contributed by atoms with Crippen LogP contribution in [0.2, 0.25) is 0 Å². The van der Waals surface area contributed by atoms with Gasteiger partial charge in [-0.2, -0.15) is 0 Å². The van der Waals surface area contributed by atoms with Gasteiger partial charge in [-0.1, -0.05) is 5.21 Å². The van der Waals surface area contributed by atoms with E-state index >= 15 is 0 Å². The zero-order valence-electron chi connectivity index (χ0n) is 6.37. The Bertz CT molecular complexity index is 235. The molecule has 1 heterocycles. The lowest BCUT2D eigenvalue weighted by Crippen LogP contribution is -2.02. The van der Waals surface area contributed by atoms with Gasteiger partial charge < -0.3 is 0 Å². The lowest BCUT2D eigenvalue weighted by Gasteiger charge is -2.04. The first kappa shape index (κ1) is 7.10. The minimum atomic E-state index is 0.0191. The minimum Gasteiger partial charge on any atom is -0.245 e. The molecule has 1 unspecified atom stereocenters. The summed E-state index contributed by atoms with van der Waals surface area (Å²) in [6.45, 7) is 1.94. The Hall–Kier alpha value is -0.570. The van der Waals surface area contributed by atoms with E-state index in [1.165, 1.54) is 12.8 Å². The second kappa shape index (κ2) is 2.48. The van der Waals surface area contributed by atoms with Crippen molar-refractivity contribution in [3.05, 3.63) is 11.9 Å². The van der Waals surface area contributed by atoms with E-state index in [1.54, 1.807) is 6.20 Å². The Morgan fingerprint density at radius 1 is 1.73 bits per heavy atom. The average molecular weight is 172 g/mol. The third-order valence-corrected chi connectivity index (χ3v) is 2.13. The van der Waals surface area contributed by atoms with Gasteiger partial charge in [0.05, 0.1) is 23.3 Å². The molecule has 0 aromatic carbocycles. The Labute approximate surface area is 70.3 Å². The van der Waals surface area contributed by atoms with E-state index in [0.717, 1.165) is 5.69 Å². The molecule has 0 amide bonds. The molecular weight excluding hydrogens is 162 g/mol. The summed E-state index contributed by atoms with van der Waals surface area (Å²) >= 11 is 5.92. The van der Waals surface area contributed by atoms with E-state index in [9.17, 15) is 0 Å². The molecule has 1 fully saturated rings. The van der Waals surface area contributed by atoms with Crippen molar-refractivity contribution in [3.8, 4) is 0 Å². The summed E-state index contributed by atoms with van der Waals surface area (Å²) in [5, 5.41) is 7.83. The molecule has 1 aliphatic rings. The summed E-state index contributed by atoms with van der Waals surface area (Å²) in [5.74, 6) is 0. The molecule has 1 aromatic heterocycles. The van der Waals surface area contributed by atoms with Gasteiger partial charge in [0.2, 0.25) is 0 Å². The van der Waals surface area contributed by atoms with Crippen molar-refractivity contribution in [3.63, 3.8) is 0 Å². The van der Waals surface area contributed by atoms with Crippen LogP contribution >= 0.6 is 11.6 Å². The van der Waals surface area contributed by atoms with Gasteiger partial charge in [-0.15, -0.1) is 16.7 Å². The molecule has 60 valence electrons. The first-order valence-electron chi connectivity index (χ1n) is 3.83. The van der Waals surface area contributed by atoms with Crippen molar-refractivity contribution in [1.82, 2.24) is 15.0 Å². The predicted molar refractivity (Wildman–Crippen MR) is 42.6 cm³/mol. The van der Waals surface area contributed by atoms with Gasteiger partial charge in [-0.3, -0.25) is 0 Å². The lowest BCUT2D eigenvalue weighted by atomic mass is 10.3. The minimum absolute atomic E-state index is 0.0191. The van der Waals surface area contributed by atoms with E-state index in [4.69, 9.17) is 11.6 Å². The van der Waals surface area contributed by atoms with Gasteiger partial charge in [0.1, 0.15) is 0 Å². The lowest BCUT2D eigenvalue weighted by molar-refractivity contribution is 0.582. The number of alkyl halides is 1. The fraction of sp³-hybridized carbons (Fsp3) is 0.714. The van der Waals surface area contributed by atoms with Crippen LogP contribution in [-0.4, -0.2) is 15.0 Å². The number of hydrogen-bond donors (Lipinski definition) is 0. The van der Waals surface area contributed by atoms with E-state index in [1.807, 2.05) is 11.6 Å². The third kappa shape index (κ3) is 1.25. The molecule has 0 saturated heterocycles. The molecule has 3 nitrogen and oxygen atoms in total. The maximum atomic E-state index is 5.92. The standard InChI is InChI=1S/C7H10ClN3/c1-5(8)7-4-9-10-11(7)6-2-3-6/h4-6H,2-3H2,1H3. The SMILES string of the molecule is CC(Cl)c1cnnn1C1CC1. The van der Waals surface area contributed by atoms with Gasteiger partial charge >= 0.3 is 0 Å². The van der Waals surface area contributed by atoms with Gasteiger partial charge in [0, 0.05) is 0 Å². The van der Waals surface area contributed by atoms with Crippen LogP contribution in [0.25, 0.3) is 0 Å². The van der Waals surface area contributed by atoms with E-state index in [-0.39, 0.29) is 5.38 Å². The van der Waals surface area contributed by atoms with Crippen LogP contribution in [-0.2, 0) is 0 Å². The summed E-state index contributed by atoms with van der Waals surface area (Å²) in [4.78, 5) is 0. The molecule has 0 spiro atoms. The maximum absolute atomic E-state index is 5.92. The zero-order valence-corrected chi connectivity index (χ0v) is 7.12. The van der Waals surface area contributed by atoms with Crippen molar-refractivity contribution in [1.29, 1.82) is 0 Å². The molecule has 1 atom stereocenters. The highest BCUT2D eigenvalue weighted by molar-refractivity contribution is 6.20. The van der Waals surface area contributed by atoms with Crippen molar-refractivity contribution >= 4 is 11.6 Å². The normalized spacial score (nSPS) is 20.2. The topological polar surface area (TPSA) is 30.7 Å². The smallest absolute Gasteiger partial charge is 0.0766 e. The van der Waals surface area contributed by atoms with Crippen molar-refractivity contribution < 1.29 is 0 Å². The number of nitrogens with zero attached hydrogens (tertiary/aromatic N) is 3. The number of halogens is 1. The summed E-state index contributed by atoms with van der Waals surface area (Å²) in [5.41, 5.74) is 1.04. The average Bonchev–Trinajstić information content (AvgIpc) is 2.68. The highest BCUT2D eigenvalue weighted by Crippen LogP contribution is 2.36. The summed E-state index contributed by atoms with van der Waals surface area (Å²) in [7, 11) is 0. The fourth-order valence-corrected chi connectivity index (χ4v) is 1.30.